The first-order valence-electron chi connectivity index (χ1n) is 6.45. The Morgan fingerprint density at radius 2 is 2.17 bits per heavy atom. The van der Waals surface area contributed by atoms with E-state index in [1.54, 1.807) is 19.1 Å². The van der Waals surface area contributed by atoms with Gasteiger partial charge in [0.1, 0.15) is 5.82 Å². The Balaban J connectivity index is 2.07. The van der Waals surface area contributed by atoms with Crippen molar-refractivity contribution in [1.29, 1.82) is 0 Å². The second kappa shape index (κ2) is 4.71. The molecule has 18 heavy (non-hydrogen) atoms. The summed E-state index contributed by atoms with van der Waals surface area (Å²) < 4.78 is 13.8. The molecule has 1 aromatic carbocycles. The third-order valence-electron chi connectivity index (χ3n) is 3.74. The fourth-order valence-electron chi connectivity index (χ4n) is 2.65. The van der Waals surface area contributed by atoms with Crippen molar-refractivity contribution in [3.05, 3.63) is 35.1 Å². The number of carbonyl (C=O) groups is 1. The second-order valence-corrected chi connectivity index (χ2v) is 6.01. The highest BCUT2D eigenvalue weighted by molar-refractivity contribution is 5.94. The zero-order chi connectivity index (χ0) is 13.3. The highest BCUT2D eigenvalue weighted by atomic mass is 19.1. The predicted octanol–water partition coefficient (Wildman–Crippen LogP) is 3.44. The third kappa shape index (κ3) is 2.71. The maximum Gasteiger partial charge on any atom is 0.254 e. The topological polar surface area (TPSA) is 29.1 Å². The second-order valence-electron chi connectivity index (χ2n) is 6.01. The minimum atomic E-state index is -0.410. The van der Waals surface area contributed by atoms with Crippen molar-refractivity contribution in [1.82, 2.24) is 5.32 Å². The van der Waals surface area contributed by atoms with Crippen LogP contribution in [-0.2, 0) is 0 Å². The molecular formula is C15H20FNO. The van der Waals surface area contributed by atoms with Crippen LogP contribution in [0.1, 0.15) is 49.0 Å². The van der Waals surface area contributed by atoms with Gasteiger partial charge in [0, 0.05) is 6.04 Å². The van der Waals surface area contributed by atoms with Crippen LogP contribution in [0.2, 0.25) is 0 Å². The average Bonchev–Trinajstić information content (AvgIpc) is 2.62. The van der Waals surface area contributed by atoms with E-state index in [0.717, 1.165) is 19.3 Å². The number of rotatable bonds is 2. The van der Waals surface area contributed by atoms with E-state index in [4.69, 9.17) is 0 Å². The lowest BCUT2D eigenvalue weighted by atomic mass is 9.92. The lowest BCUT2D eigenvalue weighted by Gasteiger charge is -2.18. The summed E-state index contributed by atoms with van der Waals surface area (Å²) in [5.74, 6) is -0.703. The van der Waals surface area contributed by atoms with Gasteiger partial charge in [-0.3, -0.25) is 4.79 Å². The van der Waals surface area contributed by atoms with Gasteiger partial charge in [0.25, 0.3) is 5.91 Å². The smallest absolute Gasteiger partial charge is 0.254 e. The minimum Gasteiger partial charge on any atom is -0.349 e. The van der Waals surface area contributed by atoms with E-state index in [-0.39, 0.29) is 22.9 Å². The largest absolute Gasteiger partial charge is 0.349 e. The van der Waals surface area contributed by atoms with Crippen molar-refractivity contribution in [2.45, 2.75) is 46.1 Å². The van der Waals surface area contributed by atoms with Crippen molar-refractivity contribution in [2.24, 2.45) is 5.41 Å². The molecule has 0 aliphatic heterocycles. The molecule has 1 N–H and O–H groups in total. The van der Waals surface area contributed by atoms with Crippen molar-refractivity contribution in [2.75, 3.05) is 0 Å². The standard InChI is InChI=1S/C15H20FNO/c1-10-5-4-6-12(13(10)16)14(18)17-11-7-8-15(2,3)9-11/h4-6,11H,7-9H2,1-3H3,(H,17,18). The number of benzene rings is 1. The summed E-state index contributed by atoms with van der Waals surface area (Å²) in [6.45, 7) is 6.07. The molecule has 0 spiro atoms. The van der Waals surface area contributed by atoms with Crippen LogP contribution in [0.3, 0.4) is 0 Å². The molecule has 1 aliphatic carbocycles. The molecule has 0 radical (unpaired) electrons. The van der Waals surface area contributed by atoms with Gasteiger partial charge in [0.05, 0.1) is 5.56 Å². The van der Waals surface area contributed by atoms with E-state index < -0.39 is 5.82 Å². The van der Waals surface area contributed by atoms with Crippen LogP contribution in [0.15, 0.2) is 18.2 Å². The summed E-state index contributed by atoms with van der Waals surface area (Å²) in [5.41, 5.74) is 0.942. The molecule has 3 heteroatoms. The van der Waals surface area contributed by atoms with E-state index in [2.05, 4.69) is 19.2 Å². The van der Waals surface area contributed by atoms with E-state index in [9.17, 15) is 9.18 Å². The Hall–Kier alpha value is -1.38. The summed E-state index contributed by atoms with van der Waals surface area (Å²) in [6.07, 6.45) is 3.05. The first-order chi connectivity index (χ1) is 8.39. The van der Waals surface area contributed by atoms with Crippen LogP contribution >= 0.6 is 0 Å². The van der Waals surface area contributed by atoms with Gasteiger partial charge in [-0.2, -0.15) is 0 Å². The van der Waals surface area contributed by atoms with Crippen LogP contribution in [0.5, 0.6) is 0 Å². The fraction of sp³-hybridized carbons (Fsp3) is 0.533. The van der Waals surface area contributed by atoms with Crippen molar-refractivity contribution < 1.29 is 9.18 Å². The normalized spacial score (nSPS) is 21.9. The molecule has 2 rings (SSSR count). The van der Waals surface area contributed by atoms with Gasteiger partial charge < -0.3 is 5.32 Å². The van der Waals surface area contributed by atoms with Gasteiger partial charge in [-0.05, 0) is 43.2 Å². The van der Waals surface area contributed by atoms with Gasteiger partial charge in [-0.25, -0.2) is 4.39 Å². The molecule has 1 aromatic rings. The molecule has 1 aliphatic rings. The first-order valence-corrected chi connectivity index (χ1v) is 6.45. The first kappa shape index (κ1) is 13.1. The van der Waals surface area contributed by atoms with Crippen LogP contribution in [0, 0.1) is 18.2 Å². The molecular weight excluding hydrogens is 229 g/mol. The summed E-state index contributed by atoms with van der Waals surface area (Å²) in [4.78, 5) is 12.0. The number of amides is 1. The van der Waals surface area contributed by atoms with Crippen LogP contribution < -0.4 is 5.32 Å². The molecule has 1 fully saturated rings. The molecule has 2 nitrogen and oxygen atoms in total. The van der Waals surface area contributed by atoms with Crippen molar-refractivity contribution >= 4 is 5.91 Å². The Morgan fingerprint density at radius 1 is 1.44 bits per heavy atom. The quantitative estimate of drug-likeness (QED) is 0.854. The van der Waals surface area contributed by atoms with Crippen LogP contribution in [0.4, 0.5) is 4.39 Å². The summed E-state index contributed by atoms with van der Waals surface area (Å²) in [5, 5.41) is 2.94. The number of hydrogen-bond donors (Lipinski definition) is 1. The zero-order valence-electron chi connectivity index (χ0n) is 11.2. The zero-order valence-corrected chi connectivity index (χ0v) is 11.2. The Labute approximate surface area is 108 Å². The number of carbonyl (C=O) groups excluding carboxylic acids is 1. The number of aryl methyl sites for hydroxylation is 1. The third-order valence-corrected chi connectivity index (χ3v) is 3.74. The van der Waals surface area contributed by atoms with Crippen molar-refractivity contribution in [3.63, 3.8) is 0 Å². The Kier molecular flexibility index (Phi) is 3.42. The monoisotopic (exact) mass is 249 g/mol. The Bertz CT molecular complexity index is 468. The molecule has 0 bridgehead atoms. The maximum absolute atomic E-state index is 13.8. The van der Waals surface area contributed by atoms with Crippen LogP contribution in [-0.4, -0.2) is 11.9 Å². The van der Waals surface area contributed by atoms with Gasteiger partial charge in [-0.1, -0.05) is 26.0 Å². The van der Waals surface area contributed by atoms with Gasteiger partial charge in [-0.15, -0.1) is 0 Å². The van der Waals surface area contributed by atoms with Gasteiger partial charge >= 0.3 is 0 Å². The Morgan fingerprint density at radius 3 is 2.78 bits per heavy atom. The summed E-state index contributed by atoms with van der Waals surface area (Å²) in [6, 6.07) is 5.10. The fourth-order valence-corrected chi connectivity index (χ4v) is 2.65. The SMILES string of the molecule is Cc1cccc(C(=O)NC2CCC(C)(C)C2)c1F. The molecule has 0 aromatic heterocycles. The highest BCUT2D eigenvalue weighted by Crippen LogP contribution is 2.37. The highest BCUT2D eigenvalue weighted by Gasteiger charge is 2.32. The number of nitrogens with one attached hydrogen (secondary N) is 1. The predicted molar refractivity (Wildman–Crippen MR) is 70.0 cm³/mol. The molecule has 0 heterocycles. The van der Waals surface area contributed by atoms with Crippen LogP contribution in [0.25, 0.3) is 0 Å². The van der Waals surface area contributed by atoms with E-state index in [1.807, 2.05) is 0 Å². The summed E-state index contributed by atoms with van der Waals surface area (Å²) in [7, 11) is 0. The molecule has 1 unspecified atom stereocenters. The lowest BCUT2D eigenvalue weighted by Crippen LogP contribution is -2.34. The van der Waals surface area contributed by atoms with Crippen molar-refractivity contribution in [3.8, 4) is 0 Å². The lowest BCUT2D eigenvalue weighted by molar-refractivity contribution is 0.0931. The maximum atomic E-state index is 13.8. The van der Waals surface area contributed by atoms with E-state index in [0.29, 0.717) is 5.56 Å². The average molecular weight is 249 g/mol. The minimum absolute atomic E-state index is 0.153. The molecule has 98 valence electrons. The summed E-state index contributed by atoms with van der Waals surface area (Å²) >= 11 is 0. The van der Waals surface area contributed by atoms with E-state index in [1.165, 1.54) is 6.07 Å². The molecule has 1 amide bonds. The van der Waals surface area contributed by atoms with Gasteiger partial charge in [0.15, 0.2) is 0 Å². The number of halogens is 1. The van der Waals surface area contributed by atoms with Gasteiger partial charge in [0.2, 0.25) is 0 Å². The molecule has 1 atom stereocenters. The number of hydrogen-bond acceptors (Lipinski definition) is 1. The molecule has 1 saturated carbocycles. The molecule has 0 saturated heterocycles. The van der Waals surface area contributed by atoms with E-state index >= 15 is 0 Å².